The highest BCUT2D eigenvalue weighted by Gasteiger charge is 1.97. The lowest BCUT2D eigenvalue weighted by atomic mass is 10.2. The van der Waals surface area contributed by atoms with Crippen LogP contribution in [0, 0.1) is 5.92 Å². The lowest BCUT2D eigenvalue weighted by Crippen LogP contribution is -2.12. The highest BCUT2D eigenvalue weighted by molar-refractivity contribution is 7.99. The van der Waals surface area contributed by atoms with E-state index >= 15 is 0 Å². The van der Waals surface area contributed by atoms with E-state index in [1.54, 1.807) is 0 Å². The minimum Gasteiger partial charge on any atom is -0.396 e. The van der Waals surface area contributed by atoms with E-state index in [9.17, 15) is 0 Å². The van der Waals surface area contributed by atoms with Crippen LogP contribution < -0.4 is 5.73 Å². The Morgan fingerprint density at radius 1 is 1.45 bits per heavy atom. The largest absolute Gasteiger partial charge is 0.396 e. The molecule has 0 amide bonds. The molecule has 0 bridgehead atoms. The summed E-state index contributed by atoms with van der Waals surface area (Å²) >= 11 is 1.93. The van der Waals surface area contributed by atoms with Gasteiger partial charge in [0, 0.05) is 6.61 Å². The van der Waals surface area contributed by atoms with Gasteiger partial charge in [0.25, 0.3) is 0 Å². The van der Waals surface area contributed by atoms with E-state index in [1.807, 2.05) is 11.8 Å². The first-order valence-electron chi connectivity index (χ1n) is 4.20. The Bertz CT molecular complexity index is 80.5. The van der Waals surface area contributed by atoms with Gasteiger partial charge in [0.1, 0.15) is 0 Å². The predicted molar refractivity (Wildman–Crippen MR) is 51.9 cm³/mol. The zero-order valence-corrected chi connectivity index (χ0v) is 8.07. The first-order chi connectivity index (χ1) is 5.31. The molecule has 0 heterocycles. The maximum absolute atomic E-state index is 8.49. The number of aliphatic hydroxyl groups is 1. The van der Waals surface area contributed by atoms with E-state index in [2.05, 4.69) is 6.92 Å². The van der Waals surface area contributed by atoms with Gasteiger partial charge < -0.3 is 10.8 Å². The monoisotopic (exact) mass is 177 g/mol. The fourth-order valence-electron chi connectivity index (χ4n) is 0.668. The van der Waals surface area contributed by atoms with Gasteiger partial charge in [0.2, 0.25) is 0 Å². The number of unbranched alkanes of at least 4 members (excludes halogenated alkanes) is 1. The van der Waals surface area contributed by atoms with Crippen molar-refractivity contribution in [2.45, 2.75) is 19.8 Å². The lowest BCUT2D eigenvalue weighted by Gasteiger charge is -2.06. The van der Waals surface area contributed by atoms with E-state index in [0.717, 1.165) is 30.9 Å². The van der Waals surface area contributed by atoms with Gasteiger partial charge in [-0.15, -0.1) is 0 Å². The van der Waals surface area contributed by atoms with Crippen LogP contribution in [0.25, 0.3) is 0 Å². The second-order valence-electron chi connectivity index (χ2n) is 2.85. The number of thioether (sulfide) groups is 1. The van der Waals surface area contributed by atoms with Crippen LogP contribution in [0.4, 0.5) is 0 Å². The summed E-state index contributed by atoms with van der Waals surface area (Å²) in [6, 6.07) is 0. The van der Waals surface area contributed by atoms with Gasteiger partial charge in [-0.3, -0.25) is 0 Å². The summed E-state index contributed by atoms with van der Waals surface area (Å²) in [5.74, 6) is 2.95. The smallest absolute Gasteiger partial charge is 0.0431 e. The SMILES string of the molecule is CC(CN)CSCCCCO. The molecule has 0 rings (SSSR count). The van der Waals surface area contributed by atoms with Gasteiger partial charge in [-0.1, -0.05) is 6.92 Å². The molecule has 0 aromatic heterocycles. The maximum atomic E-state index is 8.49. The molecule has 0 spiro atoms. The molecule has 0 saturated heterocycles. The van der Waals surface area contributed by atoms with Crippen molar-refractivity contribution < 1.29 is 5.11 Å². The van der Waals surface area contributed by atoms with Crippen molar-refractivity contribution in [3.05, 3.63) is 0 Å². The number of aliphatic hydroxyl groups excluding tert-OH is 1. The summed E-state index contributed by atoms with van der Waals surface area (Å²) in [7, 11) is 0. The second-order valence-corrected chi connectivity index (χ2v) is 4.00. The van der Waals surface area contributed by atoms with Crippen molar-refractivity contribution in [2.75, 3.05) is 24.7 Å². The van der Waals surface area contributed by atoms with E-state index in [0.29, 0.717) is 12.5 Å². The molecule has 1 unspecified atom stereocenters. The molecule has 1 atom stereocenters. The van der Waals surface area contributed by atoms with Crippen molar-refractivity contribution >= 4 is 11.8 Å². The van der Waals surface area contributed by atoms with Crippen LogP contribution >= 0.6 is 11.8 Å². The third-order valence-electron chi connectivity index (χ3n) is 1.50. The molecule has 11 heavy (non-hydrogen) atoms. The van der Waals surface area contributed by atoms with Crippen molar-refractivity contribution in [3.63, 3.8) is 0 Å². The van der Waals surface area contributed by atoms with E-state index in [1.165, 1.54) is 0 Å². The van der Waals surface area contributed by atoms with Crippen LogP contribution in [0.3, 0.4) is 0 Å². The zero-order valence-electron chi connectivity index (χ0n) is 7.25. The Hall–Kier alpha value is 0.270. The van der Waals surface area contributed by atoms with Crippen molar-refractivity contribution in [3.8, 4) is 0 Å². The number of hydrogen-bond acceptors (Lipinski definition) is 3. The van der Waals surface area contributed by atoms with Gasteiger partial charge >= 0.3 is 0 Å². The standard InChI is InChI=1S/C8H19NOS/c1-8(6-9)7-11-5-3-2-4-10/h8,10H,2-7,9H2,1H3. The van der Waals surface area contributed by atoms with Gasteiger partial charge in [0.15, 0.2) is 0 Å². The third kappa shape index (κ3) is 8.17. The van der Waals surface area contributed by atoms with Crippen LogP contribution in [-0.2, 0) is 0 Å². The molecule has 3 heteroatoms. The summed E-state index contributed by atoms with van der Waals surface area (Å²) in [5.41, 5.74) is 5.46. The third-order valence-corrected chi connectivity index (χ3v) is 2.88. The second kappa shape index (κ2) is 8.37. The van der Waals surface area contributed by atoms with E-state index < -0.39 is 0 Å². The Morgan fingerprint density at radius 2 is 2.18 bits per heavy atom. The van der Waals surface area contributed by atoms with Crippen LogP contribution in [0.5, 0.6) is 0 Å². The van der Waals surface area contributed by atoms with Gasteiger partial charge in [-0.25, -0.2) is 0 Å². The lowest BCUT2D eigenvalue weighted by molar-refractivity contribution is 0.287. The van der Waals surface area contributed by atoms with Crippen LogP contribution in [0.2, 0.25) is 0 Å². The number of nitrogens with two attached hydrogens (primary N) is 1. The molecule has 0 saturated carbocycles. The molecule has 0 radical (unpaired) electrons. The topological polar surface area (TPSA) is 46.2 Å². The minimum absolute atomic E-state index is 0.326. The highest BCUT2D eigenvalue weighted by atomic mass is 32.2. The highest BCUT2D eigenvalue weighted by Crippen LogP contribution is 2.09. The van der Waals surface area contributed by atoms with Crippen molar-refractivity contribution in [1.82, 2.24) is 0 Å². The maximum Gasteiger partial charge on any atom is 0.0431 e. The Balaban J connectivity index is 2.89. The summed E-state index contributed by atoms with van der Waals surface area (Å²) in [5, 5.41) is 8.49. The molecule has 0 aliphatic carbocycles. The van der Waals surface area contributed by atoms with E-state index in [4.69, 9.17) is 10.8 Å². The van der Waals surface area contributed by atoms with Crippen LogP contribution in [0.1, 0.15) is 19.8 Å². The number of rotatable bonds is 7. The first kappa shape index (κ1) is 11.3. The van der Waals surface area contributed by atoms with Crippen LogP contribution in [0.15, 0.2) is 0 Å². The van der Waals surface area contributed by atoms with Gasteiger partial charge in [-0.05, 0) is 36.8 Å². The first-order valence-corrected chi connectivity index (χ1v) is 5.35. The Kier molecular flexibility index (Phi) is 8.57. The predicted octanol–water partition coefficient (Wildman–Crippen LogP) is 1.09. The van der Waals surface area contributed by atoms with Crippen molar-refractivity contribution in [1.29, 1.82) is 0 Å². The molecule has 0 fully saturated rings. The van der Waals surface area contributed by atoms with Crippen LogP contribution in [-0.4, -0.2) is 29.8 Å². The van der Waals surface area contributed by atoms with Gasteiger partial charge in [0.05, 0.1) is 0 Å². The Labute approximate surface area is 73.6 Å². The average Bonchev–Trinajstić information content (AvgIpc) is 2.04. The van der Waals surface area contributed by atoms with E-state index in [-0.39, 0.29) is 0 Å². The average molecular weight is 177 g/mol. The molecule has 0 aliphatic heterocycles. The van der Waals surface area contributed by atoms with Crippen molar-refractivity contribution in [2.24, 2.45) is 11.7 Å². The summed E-state index contributed by atoms with van der Waals surface area (Å²) in [4.78, 5) is 0. The molecule has 0 aliphatic rings. The minimum atomic E-state index is 0.326. The number of hydrogen-bond donors (Lipinski definition) is 2. The summed E-state index contributed by atoms with van der Waals surface area (Å²) in [6.45, 7) is 3.28. The Morgan fingerprint density at radius 3 is 2.73 bits per heavy atom. The molecule has 0 aromatic carbocycles. The summed E-state index contributed by atoms with van der Waals surface area (Å²) < 4.78 is 0. The molecule has 2 nitrogen and oxygen atoms in total. The zero-order chi connectivity index (χ0) is 8.53. The molecule has 68 valence electrons. The molecular formula is C8H19NOS. The fraction of sp³-hybridized carbons (Fsp3) is 1.00. The quantitative estimate of drug-likeness (QED) is 0.572. The summed E-state index contributed by atoms with van der Waals surface area (Å²) in [6.07, 6.45) is 2.06. The molecule has 0 aromatic rings. The fourth-order valence-corrected chi connectivity index (χ4v) is 1.78. The normalized spacial score (nSPS) is 13.4. The van der Waals surface area contributed by atoms with Gasteiger partial charge in [-0.2, -0.15) is 11.8 Å². The molecular weight excluding hydrogens is 158 g/mol. The molecule has 3 N–H and O–H groups in total.